The molecule has 4 heteroatoms. The molecule has 0 atom stereocenters. The maximum atomic E-state index is 12.5. The smallest absolute Gasteiger partial charge is 0.226 e. The predicted octanol–water partition coefficient (Wildman–Crippen LogP) is 4.65. The third-order valence-electron chi connectivity index (χ3n) is 4.84. The molecule has 3 rings (SSSR count). The monoisotopic (exact) mass is 339 g/mol. The molecule has 0 spiro atoms. The summed E-state index contributed by atoms with van der Waals surface area (Å²) in [6, 6.07) is 10.4. The van der Waals surface area contributed by atoms with Gasteiger partial charge in [0, 0.05) is 25.5 Å². The van der Waals surface area contributed by atoms with Gasteiger partial charge in [0.1, 0.15) is 5.82 Å². The molecular formula is C21H29N3O. The minimum atomic E-state index is -0.0216. The van der Waals surface area contributed by atoms with Crippen molar-refractivity contribution in [2.45, 2.75) is 58.8 Å². The van der Waals surface area contributed by atoms with E-state index in [-0.39, 0.29) is 11.3 Å². The Balaban J connectivity index is 1.88. The zero-order valence-electron chi connectivity index (χ0n) is 15.8. The molecule has 1 heterocycles. The molecule has 2 aromatic rings. The first-order valence-corrected chi connectivity index (χ1v) is 9.23. The number of amides is 1. The number of aromatic nitrogens is 2. The number of benzene rings is 1. The van der Waals surface area contributed by atoms with Gasteiger partial charge in [-0.05, 0) is 29.7 Å². The van der Waals surface area contributed by atoms with Crippen LogP contribution in [0.4, 0.5) is 5.82 Å². The van der Waals surface area contributed by atoms with Crippen molar-refractivity contribution in [2.75, 3.05) is 5.32 Å². The molecule has 0 aliphatic heterocycles. The van der Waals surface area contributed by atoms with Crippen molar-refractivity contribution in [3.8, 4) is 0 Å². The molecule has 1 amide bonds. The maximum Gasteiger partial charge on any atom is 0.226 e. The third-order valence-corrected chi connectivity index (χ3v) is 4.84. The Bertz CT molecular complexity index is 736. The lowest BCUT2D eigenvalue weighted by molar-refractivity contribution is -0.117. The minimum absolute atomic E-state index is 0.0216. The van der Waals surface area contributed by atoms with Crippen LogP contribution in [0.25, 0.3) is 0 Å². The van der Waals surface area contributed by atoms with E-state index in [0.717, 1.165) is 17.9 Å². The lowest BCUT2D eigenvalue weighted by atomic mass is 9.79. The first-order chi connectivity index (χ1) is 11.8. The van der Waals surface area contributed by atoms with Crippen molar-refractivity contribution < 1.29 is 4.79 Å². The van der Waals surface area contributed by atoms with Crippen LogP contribution < -0.4 is 5.32 Å². The van der Waals surface area contributed by atoms with Gasteiger partial charge in [0.2, 0.25) is 5.91 Å². The molecule has 1 aromatic heterocycles. The second kappa shape index (κ2) is 7.03. The molecular weight excluding hydrogens is 310 g/mol. The van der Waals surface area contributed by atoms with Crippen LogP contribution in [0.3, 0.4) is 0 Å². The first-order valence-electron chi connectivity index (χ1n) is 9.23. The number of nitrogens with zero attached hydrogens (tertiary/aromatic N) is 2. The van der Waals surface area contributed by atoms with Crippen molar-refractivity contribution in [2.24, 2.45) is 12.5 Å². The van der Waals surface area contributed by atoms with Crippen molar-refractivity contribution in [3.63, 3.8) is 0 Å². The Labute approximate surface area is 150 Å². The van der Waals surface area contributed by atoms with Crippen LogP contribution in [0.15, 0.2) is 30.3 Å². The number of anilines is 1. The van der Waals surface area contributed by atoms with E-state index in [4.69, 9.17) is 5.10 Å². The molecule has 0 radical (unpaired) electrons. The highest BCUT2D eigenvalue weighted by molar-refractivity contribution is 5.91. The Morgan fingerprint density at radius 3 is 2.48 bits per heavy atom. The number of rotatable bonds is 5. The van der Waals surface area contributed by atoms with Crippen LogP contribution in [-0.4, -0.2) is 15.7 Å². The maximum absolute atomic E-state index is 12.5. The number of aryl methyl sites for hydroxylation is 1. The third kappa shape index (κ3) is 4.30. The Kier molecular flexibility index (Phi) is 4.98. The van der Waals surface area contributed by atoms with E-state index in [1.165, 1.54) is 30.4 Å². The quantitative estimate of drug-likeness (QED) is 0.861. The molecule has 1 fully saturated rings. The standard InChI is InChI=1S/C21H29N3O/c1-21(2,3)14-18(25)22-20-19(16-11-8-12-16)17(23-24(20)4)13-15-9-6-5-7-10-15/h5-7,9-10,16H,8,11-14H2,1-4H3,(H,22,25). The number of hydrogen-bond acceptors (Lipinski definition) is 2. The van der Waals surface area contributed by atoms with Crippen molar-refractivity contribution in [3.05, 3.63) is 47.2 Å². The van der Waals surface area contributed by atoms with Gasteiger partial charge >= 0.3 is 0 Å². The van der Waals surface area contributed by atoms with Crippen LogP contribution in [0.2, 0.25) is 0 Å². The molecule has 4 nitrogen and oxygen atoms in total. The highest BCUT2D eigenvalue weighted by atomic mass is 16.1. The molecule has 134 valence electrons. The molecule has 1 aromatic carbocycles. The zero-order chi connectivity index (χ0) is 18.0. The highest BCUT2D eigenvalue weighted by Crippen LogP contribution is 2.42. The Morgan fingerprint density at radius 2 is 1.92 bits per heavy atom. The van der Waals surface area contributed by atoms with Crippen LogP contribution >= 0.6 is 0 Å². The average Bonchev–Trinajstić information content (AvgIpc) is 2.73. The summed E-state index contributed by atoms with van der Waals surface area (Å²) in [4.78, 5) is 12.5. The number of nitrogens with one attached hydrogen (secondary N) is 1. The largest absolute Gasteiger partial charge is 0.311 e. The lowest BCUT2D eigenvalue weighted by Crippen LogP contribution is -2.22. The summed E-state index contributed by atoms with van der Waals surface area (Å²) >= 11 is 0. The molecule has 1 saturated carbocycles. The fourth-order valence-electron chi connectivity index (χ4n) is 3.45. The fourth-order valence-corrected chi connectivity index (χ4v) is 3.45. The van der Waals surface area contributed by atoms with Gasteiger partial charge in [-0.2, -0.15) is 5.10 Å². The molecule has 0 unspecified atom stereocenters. The minimum Gasteiger partial charge on any atom is -0.311 e. The summed E-state index contributed by atoms with van der Waals surface area (Å²) in [6.07, 6.45) is 4.97. The summed E-state index contributed by atoms with van der Waals surface area (Å²) in [5.74, 6) is 1.49. The van der Waals surface area contributed by atoms with Gasteiger partial charge < -0.3 is 5.32 Å². The molecule has 0 bridgehead atoms. The van der Waals surface area contributed by atoms with Crippen molar-refractivity contribution in [1.29, 1.82) is 0 Å². The van der Waals surface area contributed by atoms with Gasteiger partial charge in [-0.3, -0.25) is 9.48 Å². The van der Waals surface area contributed by atoms with Gasteiger partial charge in [-0.25, -0.2) is 0 Å². The number of hydrogen-bond donors (Lipinski definition) is 1. The fraction of sp³-hybridized carbons (Fsp3) is 0.524. The number of carbonyl (C=O) groups is 1. The van der Waals surface area contributed by atoms with Crippen LogP contribution in [0.5, 0.6) is 0 Å². The van der Waals surface area contributed by atoms with Gasteiger partial charge in [0.05, 0.1) is 5.69 Å². The normalized spacial score (nSPS) is 15.0. The molecule has 1 N–H and O–H groups in total. The number of carbonyl (C=O) groups excluding carboxylic acids is 1. The second-order valence-electron chi connectivity index (χ2n) is 8.41. The molecule has 25 heavy (non-hydrogen) atoms. The second-order valence-corrected chi connectivity index (χ2v) is 8.41. The average molecular weight is 339 g/mol. The van der Waals surface area contributed by atoms with Gasteiger partial charge in [0.15, 0.2) is 0 Å². The molecule has 1 aliphatic rings. The van der Waals surface area contributed by atoms with Crippen molar-refractivity contribution >= 4 is 11.7 Å². The van der Waals surface area contributed by atoms with E-state index >= 15 is 0 Å². The summed E-state index contributed by atoms with van der Waals surface area (Å²) in [5, 5.41) is 7.91. The van der Waals surface area contributed by atoms with Crippen molar-refractivity contribution in [1.82, 2.24) is 9.78 Å². The Morgan fingerprint density at radius 1 is 1.24 bits per heavy atom. The van der Waals surface area contributed by atoms with Crippen LogP contribution in [0.1, 0.15) is 69.2 Å². The molecule has 1 aliphatic carbocycles. The van der Waals surface area contributed by atoms with E-state index in [1.54, 1.807) is 0 Å². The summed E-state index contributed by atoms with van der Waals surface area (Å²) in [5.41, 5.74) is 3.59. The van der Waals surface area contributed by atoms with Crippen LogP contribution in [-0.2, 0) is 18.3 Å². The summed E-state index contributed by atoms with van der Waals surface area (Å²) < 4.78 is 1.85. The predicted molar refractivity (Wildman–Crippen MR) is 102 cm³/mol. The van der Waals surface area contributed by atoms with E-state index in [9.17, 15) is 4.79 Å². The zero-order valence-corrected chi connectivity index (χ0v) is 15.8. The SMILES string of the molecule is Cn1nc(Cc2ccccc2)c(C2CCC2)c1NC(=O)CC(C)(C)C. The highest BCUT2D eigenvalue weighted by Gasteiger charge is 2.30. The first kappa shape index (κ1) is 17.7. The van der Waals surface area contributed by atoms with Gasteiger partial charge in [0.25, 0.3) is 0 Å². The summed E-state index contributed by atoms with van der Waals surface area (Å²) in [7, 11) is 1.93. The van der Waals surface area contributed by atoms with E-state index < -0.39 is 0 Å². The molecule has 0 saturated heterocycles. The van der Waals surface area contributed by atoms with Crippen LogP contribution in [0, 0.1) is 5.41 Å². The van der Waals surface area contributed by atoms with Gasteiger partial charge in [-0.15, -0.1) is 0 Å². The van der Waals surface area contributed by atoms with E-state index in [0.29, 0.717) is 12.3 Å². The van der Waals surface area contributed by atoms with Gasteiger partial charge in [-0.1, -0.05) is 57.5 Å². The lowest BCUT2D eigenvalue weighted by Gasteiger charge is -2.27. The topological polar surface area (TPSA) is 46.9 Å². The van der Waals surface area contributed by atoms with E-state index in [1.807, 2.05) is 17.8 Å². The van der Waals surface area contributed by atoms with E-state index in [2.05, 4.69) is 50.4 Å². The summed E-state index contributed by atoms with van der Waals surface area (Å²) in [6.45, 7) is 6.26. The Hall–Kier alpha value is -2.10.